The molecule has 0 aliphatic rings. The van der Waals surface area contributed by atoms with E-state index in [1.165, 1.54) is 16.7 Å². The van der Waals surface area contributed by atoms with Gasteiger partial charge in [0, 0.05) is 12.6 Å². The smallest absolute Gasteiger partial charge is 0.119 e. The van der Waals surface area contributed by atoms with Crippen molar-refractivity contribution in [1.82, 2.24) is 5.32 Å². The van der Waals surface area contributed by atoms with Crippen LogP contribution in [0.2, 0.25) is 0 Å². The Bertz CT molecular complexity index is 536. The predicted octanol–water partition coefficient (Wildman–Crippen LogP) is 4.03. The van der Waals surface area contributed by atoms with Crippen molar-refractivity contribution in [1.29, 1.82) is 0 Å². The molecule has 2 nitrogen and oxygen atoms in total. The molecule has 0 heterocycles. The maximum atomic E-state index is 5.68. The van der Waals surface area contributed by atoms with Crippen LogP contribution in [0.25, 0.3) is 0 Å². The fourth-order valence-electron chi connectivity index (χ4n) is 2.30. The second-order valence-corrected chi connectivity index (χ2v) is 5.20. The van der Waals surface area contributed by atoms with Crippen molar-refractivity contribution in [2.45, 2.75) is 26.8 Å². The third-order valence-corrected chi connectivity index (χ3v) is 3.47. The summed E-state index contributed by atoms with van der Waals surface area (Å²) in [7, 11) is 0. The maximum Gasteiger partial charge on any atom is 0.119 e. The minimum atomic E-state index is 0.342. The standard InChI is InChI=1S/C18H23NO/c1-14-9-10-15(2)18(13-14)16(3)19-11-12-20-17-7-5-4-6-8-17/h4-10,13,16,19H,11-12H2,1-3H3. The monoisotopic (exact) mass is 269 g/mol. The number of ether oxygens (including phenoxy) is 1. The van der Waals surface area contributed by atoms with Crippen LogP contribution >= 0.6 is 0 Å². The molecule has 106 valence electrons. The number of benzene rings is 2. The maximum absolute atomic E-state index is 5.68. The van der Waals surface area contributed by atoms with E-state index in [2.05, 4.69) is 44.3 Å². The minimum absolute atomic E-state index is 0.342. The lowest BCUT2D eigenvalue weighted by atomic mass is 10.00. The first-order valence-corrected chi connectivity index (χ1v) is 7.15. The molecule has 2 aromatic carbocycles. The van der Waals surface area contributed by atoms with Gasteiger partial charge in [0.05, 0.1) is 0 Å². The Labute approximate surface area is 121 Å². The fraction of sp³-hybridized carbons (Fsp3) is 0.333. The van der Waals surface area contributed by atoms with Gasteiger partial charge in [-0.15, -0.1) is 0 Å². The summed E-state index contributed by atoms with van der Waals surface area (Å²) in [5.74, 6) is 0.925. The number of nitrogens with one attached hydrogen (secondary N) is 1. The fourth-order valence-corrected chi connectivity index (χ4v) is 2.30. The first-order valence-electron chi connectivity index (χ1n) is 7.15. The summed E-state index contributed by atoms with van der Waals surface area (Å²) in [5, 5.41) is 3.51. The number of para-hydroxylation sites is 1. The van der Waals surface area contributed by atoms with Gasteiger partial charge in [0.2, 0.25) is 0 Å². The highest BCUT2D eigenvalue weighted by Crippen LogP contribution is 2.18. The van der Waals surface area contributed by atoms with Gasteiger partial charge >= 0.3 is 0 Å². The number of aryl methyl sites for hydroxylation is 2. The quantitative estimate of drug-likeness (QED) is 0.799. The van der Waals surface area contributed by atoms with Gasteiger partial charge in [0.25, 0.3) is 0 Å². The molecule has 2 rings (SSSR count). The highest BCUT2D eigenvalue weighted by molar-refractivity contribution is 5.32. The number of hydrogen-bond donors (Lipinski definition) is 1. The molecule has 0 saturated heterocycles. The van der Waals surface area contributed by atoms with Crippen molar-refractivity contribution >= 4 is 0 Å². The Hall–Kier alpha value is -1.80. The average Bonchev–Trinajstić information content (AvgIpc) is 2.47. The van der Waals surface area contributed by atoms with Crippen LogP contribution in [0.15, 0.2) is 48.5 Å². The van der Waals surface area contributed by atoms with E-state index >= 15 is 0 Å². The second-order valence-electron chi connectivity index (χ2n) is 5.20. The van der Waals surface area contributed by atoms with Crippen molar-refractivity contribution in [3.63, 3.8) is 0 Å². The normalized spacial score (nSPS) is 12.2. The van der Waals surface area contributed by atoms with Gasteiger partial charge in [-0.25, -0.2) is 0 Å². The number of hydrogen-bond acceptors (Lipinski definition) is 2. The van der Waals surface area contributed by atoms with Crippen LogP contribution in [0.3, 0.4) is 0 Å². The van der Waals surface area contributed by atoms with Crippen molar-refractivity contribution in [3.05, 3.63) is 65.2 Å². The van der Waals surface area contributed by atoms with Crippen LogP contribution in [-0.4, -0.2) is 13.2 Å². The predicted molar refractivity (Wildman–Crippen MR) is 84.3 cm³/mol. The van der Waals surface area contributed by atoms with E-state index in [1.807, 2.05) is 30.3 Å². The molecule has 2 heteroatoms. The zero-order chi connectivity index (χ0) is 14.4. The molecule has 20 heavy (non-hydrogen) atoms. The summed E-state index contributed by atoms with van der Waals surface area (Å²) in [5.41, 5.74) is 4.00. The van der Waals surface area contributed by atoms with Crippen molar-refractivity contribution in [2.24, 2.45) is 0 Å². The Kier molecular flexibility index (Phi) is 5.19. The van der Waals surface area contributed by atoms with E-state index in [1.54, 1.807) is 0 Å². The molecule has 0 fully saturated rings. The lowest BCUT2D eigenvalue weighted by Gasteiger charge is -2.17. The molecule has 0 aromatic heterocycles. The Balaban J connectivity index is 1.80. The largest absolute Gasteiger partial charge is 0.492 e. The second kappa shape index (κ2) is 7.11. The third-order valence-electron chi connectivity index (χ3n) is 3.47. The molecule has 0 aliphatic carbocycles. The van der Waals surface area contributed by atoms with Crippen LogP contribution in [0.5, 0.6) is 5.75 Å². The van der Waals surface area contributed by atoms with Crippen LogP contribution in [0.4, 0.5) is 0 Å². The zero-order valence-electron chi connectivity index (χ0n) is 12.5. The van der Waals surface area contributed by atoms with E-state index in [9.17, 15) is 0 Å². The summed E-state index contributed by atoms with van der Waals surface area (Å²) >= 11 is 0. The molecule has 1 unspecified atom stereocenters. The summed E-state index contributed by atoms with van der Waals surface area (Å²) in [6, 6.07) is 16.9. The van der Waals surface area contributed by atoms with Gasteiger partial charge in [0.15, 0.2) is 0 Å². The first-order chi connectivity index (χ1) is 9.66. The van der Waals surface area contributed by atoms with E-state index in [0.29, 0.717) is 12.6 Å². The Morgan fingerprint density at radius 2 is 1.80 bits per heavy atom. The highest BCUT2D eigenvalue weighted by atomic mass is 16.5. The van der Waals surface area contributed by atoms with Gasteiger partial charge in [-0.3, -0.25) is 0 Å². The molecular formula is C18H23NO. The molecule has 0 amide bonds. The highest BCUT2D eigenvalue weighted by Gasteiger charge is 2.07. The van der Waals surface area contributed by atoms with Gasteiger partial charge < -0.3 is 10.1 Å². The summed E-state index contributed by atoms with van der Waals surface area (Å²) in [6.07, 6.45) is 0. The van der Waals surface area contributed by atoms with Gasteiger partial charge in [0.1, 0.15) is 12.4 Å². The lowest BCUT2D eigenvalue weighted by molar-refractivity contribution is 0.307. The SMILES string of the molecule is Cc1ccc(C)c(C(C)NCCOc2ccccc2)c1. The third kappa shape index (κ3) is 4.10. The molecule has 2 aromatic rings. The van der Waals surface area contributed by atoms with Crippen molar-refractivity contribution in [2.75, 3.05) is 13.2 Å². The molecule has 0 radical (unpaired) electrons. The molecule has 0 spiro atoms. The summed E-state index contributed by atoms with van der Waals surface area (Å²) in [4.78, 5) is 0. The van der Waals surface area contributed by atoms with Gasteiger partial charge in [-0.1, -0.05) is 42.0 Å². The molecular weight excluding hydrogens is 246 g/mol. The van der Waals surface area contributed by atoms with E-state index < -0.39 is 0 Å². The van der Waals surface area contributed by atoms with E-state index in [0.717, 1.165) is 12.3 Å². The van der Waals surface area contributed by atoms with Gasteiger partial charge in [-0.2, -0.15) is 0 Å². The van der Waals surface area contributed by atoms with Crippen LogP contribution in [-0.2, 0) is 0 Å². The molecule has 0 saturated carbocycles. The van der Waals surface area contributed by atoms with Crippen molar-refractivity contribution < 1.29 is 4.74 Å². The lowest BCUT2D eigenvalue weighted by Crippen LogP contribution is -2.24. The minimum Gasteiger partial charge on any atom is -0.492 e. The molecule has 1 N–H and O–H groups in total. The van der Waals surface area contributed by atoms with Crippen LogP contribution in [0.1, 0.15) is 29.7 Å². The molecule has 0 aliphatic heterocycles. The Morgan fingerprint density at radius 1 is 1.05 bits per heavy atom. The average molecular weight is 269 g/mol. The number of rotatable bonds is 6. The summed E-state index contributed by atoms with van der Waals surface area (Å²) in [6.45, 7) is 8.01. The Morgan fingerprint density at radius 3 is 2.55 bits per heavy atom. The van der Waals surface area contributed by atoms with Crippen LogP contribution in [0, 0.1) is 13.8 Å². The first kappa shape index (κ1) is 14.6. The van der Waals surface area contributed by atoms with Gasteiger partial charge in [-0.05, 0) is 44.0 Å². The molecule has 1 atom stereocenters. The molecule has 0 bridgehead atoms. The zero-order valence-corrected chi connectivity index (χ0v) is 12.5. The van der Waals surface area contributed by atoms with E-state index in [-0.39, 0.29) is 0 Å². The topological polar surface area (TPSA) is 21.3 Å². The van der Waals surface area contributed by atoms with E-state index in [4.69, 9.17) is 4.74 Å². The summed E-state index contributed by atoms with van der Waals surface area (Å²) < 4.78 is 5.68. The van der Waals surface area contributed by atoms with Crippen molar-refractivity contribution in [3.8, 4) is 5.75 Å². The van der Waals surface area contributed by atoms with Crippen LogP contribution < -0.4 is 10.1 Å².